The van der Waals surface area contributed by atoms with Crippen molar-refractivity contribution in [3.8, 4) is 6.07 Å². The number of nitriles is 1. The zero-order chi connectivity index (χ0) is 17.8. The van der Waals surface area contributed by atoms with Gasteiger partial charge in [0.1, 0.15) is 5.82 Å². The third-order valence-corrected chi connectivity index (χ3v) is 4.12. The second kappa shape index (κ2) is 7.13. The van der Waals surface area contributed by atoms with E-state index in [1.165, 1.54) is 18.5 Å². The summed E-state index contributed by atoms with van der Waals surface area (Å²) < 4.78 is 14.2. The third kappa shape index (κ3) is 3.66. The summed E-state index contributed by atoms with van der Waals surface area (Å²) in [5, 5.41) is 11.7. The molecule has 128 valence electrons. The van der Waals surface area contributed by atoms with E-state index >= 15 is 0 Å². The number of halogens is 1. The smallest absolute Gasteiger partial charge is 0.273 e. The van der Waals surface area contributed by atoms with Gasteiger partial charge in [-0.3, -0.25) is 4.79 Å². The minimum absolute atomic E-state index is 0.0748. The first kappa shape index (κ1) is 16.6. The number of piperidine rings is 1. The topological polar surface area (TPSA) is 108 Å². The molecule has 1 fully saturated rings. The summed E-state index contributed by atoms with van der Waals surface area (Å²) in [6.07, 6.45) is 4.41. The van der Waals surface area contributed by atoms with E-state index in [2.05, 4.69) is 15.3 Å². The summed E-state index contributed by atoms with van der Waals surface area (Å²) in [6.45, 7) is 1.15. The Balaban J connectivity index is 1.70. The molecule has 1 aliphatic heterocycles. The van der Waals surface area contributed by atoms with Crippen LogP contribution in [0.2, 0.25) is 0 Å². The number of carbonyl (C=O) groups is 1. The molecule has 1 aliphatic rings. The van der Waals surface area contributed by atoms with Crippen LogP contribution in [0.5, 0.6) is 0 Å². The van der Waals surface area contributed by atoms with Crippen LogP contribution in [-0.4, -0.2) is 35.0 Å². The summed E-state index contributed by atoms with van der Waals surface area (Å²) in [5.74, 6) is -0.757. The van der Waals surface area contributed by atoms with Gasteiger partial charge in [-0.05, 0) is 31.0 Å². The maximum Gasteiger partial charge on any atom is 0.273 e. The van der Waals surface area contributed by atoms with Gasteiger partial charge in [-0.2, -0.15) is 5.26 Å². The van der Waals surface area contributed by atoms with Crippen molar-refractivity contribution in [2.45, 2.75) is 18.9 Å². The van der Waals surface area contributed by atoms with Gasteiger partial charge in [0.2, 0.25) is 0 Å². The highest BCUT2D eigenvalue weighted by Gasteiger charge is 2.25. The van der Waals surface area contributed by atoms with Crippen molar-refractivity contribution in [3.05, 3.63) is 47.7 Å². The minimum Gasteiger partial charge on any atom is -0.382 e. The van der Waals surface area contributed by atoms with Crippen molar-refractivity contribution in [2.75, 3.05) is 23.7 Å². The van der Waals surface area contributed by atoms with Gasteiger partial charge in [-0.15, -0.1) is 0 Å². The van der Waals surface area contributed by atoms with E-state index in [1.54, 1.807) is 12.1 Å². The van der Waals surface area contributed by atoms with Crippen molar-refractivity contribution in [1.29, 1.82) is 5.26 Å². The summed E-state index contributed by atoms with van der Waals surface area (Å²) in [5.41, 5.74) is 6.47. The number of nitrogen functional groups attached to an aromatic ring is 1. The molecule has 2 aromatic rings. The number of hydrogen-bond donors (Lipinski definition) is 2. The van der Waals surface area contributed by atoms with Crippen LogP contribution in [0.3, 0.4) is 0 Å². The molecule has 0 aliphatic carbocycles. The van der Waals surface area contributed by atoms with Crippen LogP contribution in [0, 0.1) is 17.1 Å². The lowest BCUT2D eigenvalue weighted by Crippen LogP contribution is -2.48. The van der Waals surface area contributed by atoms with Gasteiger partial charge in [0, 0.05) is 31.5 Å². The molecule has 7 nitrogen and oxygen atoms in total. The number of aromatic nitrogens is 2. The maximum absolute atomic E-state index is 14.2. The highest BCUT2D eigenvalue weighted by atomic mass is 19.1. The first-order chi connectivity index (χ1) is 12.1. The molecule has 3 N–H and O–H groups in total. The van der Waals surface area contributed by atoms with E-state index in [9.17, 15) is 9.18 Å². The summed E-state index contributed by atoms with van der Waals surface area (Å²) in [6, 6.07) is 6.16. The average Bonchev–Trinajstić information content (AvgIpc) is 2.62. The van der Waals surface area contributed by atoms with Gasteiger partial charge in [0.05, 0.1) is 17.3 Å². The van der Waals surface area contributed by atoms with Crippen LogP contribution in [-0.2, 0) is 0 Å². The first-order valence-corrected chi connectivity index (χ1v) is 7.90. The van der Waals surface area contributed by atoms with E-state index in [0.717, 1.165) is 12.8 Å². The Bertz CT molecular complexity index is 834. The minimum atomic E-state index is -0.441. The fourth-order valence-electron chi connectivity index (χ4n) is 2.92. The molecule has 25 heavy (non-hydrogen) atoms. The molecule has 1 aromatic heterocycles. The molecule has 1 atom stereocenters. The quantitative estimate of drug-likeness (QED) is 0.876. The van der Waals surface area contributed by atoms with Gasteiger partial charge in [-0.1, -0.05) is 0 Å². The zero-order valence-corrected chi connectivity index (χ0v) is 13.4. The molecule has 8 heteroatoms. The fourth-order valence-corrected chi connectivity index (χ4v) is 2.92. The second-order valence-corrected chi connectivity index (χ2v) is 5.83. The van der Waals surface area contributed by atoms with Gasteiger partial charge in [0.25, 0.3) is 5.91 Å². The van der Waals surface area contributed by atoms with Gasteiger partial charge in [-0.25, -0.2) is 14.4 Å². The van der Waals surface area contributed by atoms with Gasteiger partial charge < -0.3 is 16.0 Å². The van der Waals surface area contributed by atoms with Gasteiger partial charge >= 0.3 is 0 Å². The molecule has 0 unspecified atom stereocenters. The van der Waals surface area contributed by atoms with Gasteiger partial charge in [0.15, 0.2) is 11.5 Å². The van der Waals surface area contributed by atoms with Crippen LogP contribution in [0.4, 0.5) is 15.9 Å². The number of nitrogens with two attached hydrogens (primary N) is 1. The molecular weight excluding hydrogens is 323 g/mol. The van der Waals surface area contributed by atoms with Crippen LogP contribution >= 0.6 is 0 Å². The largest absolute Gasteiger partial charge is 0.382 e. The number of carbonyl (C=O) groups excluding carboxylic acids is 1. The SMILES string of the molecule is N#Cc1ccc(N2CCC[C@@H](NC(=O)c3nccnc3N)C2)c(F)c1. The van der Waals surface area contributed by atoms with Crippen molar-refractivity contribution in [1.82, 2.24) is 15.3 Å². The highest BCUT2D eigenvalue weighted by Crippen LogP contribution is 2.24. The zero-order valence-electron chi connectivity index (χ0n) is 13.4. The van der Waals surface area contributed by atoms with Crippen molar-refractivity contribution >= 4 is 17.4 Å². The van der Waals surface area contributed by atoms with Crippen LogP contribution in [0.15, 0.2) is 30.6 Å². The molecular formula is C17H17FN6O. The Morgan fingerprint density at radius 3 is 2.92 bits per heavy atom. The lowest BCUT2D eigenvalue weighted by molar-refractivity contribution is 0.0929. The molecule has 1 amide bonds. The Morgan fingerprint density at radius 2 is 2.20 bits per heavy atom. The Labute approximate surface area is 144 Å². The lowest BCUT2D eigenvalue weighted by Gasteiger charge is -2.34. The molecule has 1 aromatic carbocycles. The van der Waals surface area contributed by atoms with Crippen molar-refractivity contribution in [2.24, 2.45) is 0 Å². The Kier molecular flexibility index (Phi) is 4.75. The molecule has 3 rings (SSSR count). The molecule has 1 saturated heterocycles. The maximum atomic E-state index is 14.2. The van der Waals surface area contributed by atoms with Crippen molar-refractivity contribution < 1.29 is 9.18 Å². The standard InChI is InChI=1S/C17H17FN6O/c18-13-8-11(9-19)3-4-14(13)24-7-1-2-12(10-24)23-17(25)15-16(20)22-6-5-21-15/h3-6,8,12H,1-2,7,10H2,(H2,20,22)(H,23,25)/t12-/m1/s1. The Morgan fingerprint density at radius 1 is 1.40 bits per heavy atom. The highest BCUT2D eigenvalue weighted by molar-refractivity contribution is 5.96. The predicted molar refractivity (Wildman–Crippen MR) is 90.3 cm³/mol. The molecule has 0 spiro atoms. The third-order valence-electron chi connectivity index (χ3n) is 4.12. The predicted octanol–water partition coefficient (Wildman–Crippen LogP) is 1.47. The second-order valence-electron chi connectivity index (χ2n) is 5.83. The van der Waals surface area contributed by atoms with E-state index in [1.807, 2.05) is 11.0 Å². The molecule has 2 heterocycles. The molecule has 0 saturated carbocycles. The molecule has 0 bridgehead atoms. The molecule has 0 radical (unpaired) electrons. The van der Waals surface area contributed by atoms with Crippen LogP contribution in [0.1, 0.15) is 28.9 Å². The van der Waals surface area contributed by atoms with Crippen LogP contribution < -0.4 is 16.0 Å². The number of hydrogen-bond acceptors (Lipinski definition) is 6. The van der Waals surface area contributed by atoms with Crippen LogP contribution in [0.25, 0.3) is 0 Å². The average molecular weight is 340 g/mol. The monoisotopic (exact) mass is 340 g/mol. The van der Waals surface area contributed by atoms with Crippen molar-refractivity contribution in [3.63, 3.8) is 0 Å². The number of amides is 1. The number of benzene rings is 1. The summed E-state index contributed by atoms with van der Waals surface area (Å²) >= 11 is 0. The number of nitrogens with zero attached hydrogens (tertiary/aromatic N) is 4. The number of nitrogens with one attached hydrogen (secondary N) is 1. The first-order valence-electron chi connectivity index (χ1n) is 7.90. The lowest BCUT2D eigenvalue weighted by atomic mass is 10.0. The summed E-state index contributed by atoms with van der Waals surface area (Å²) in [7, 11) is 0. The van der Waals surface area contributed by atoms with E-state index in [4.69, 9.17) is 11.0 Å². The van der Waals surface area contributed by atoms with E-state index < -0.39 is 11.7 Å². The number of anilines is 2. The summed E-state index contributed by atoms with van der Waals surface area (Å²) in [4.78, 5) is 22.0. The fraction of sp³-hybridized carbons (Fsp3) is 0.294. The normalized spacial score (nSPS) is 17.0. The Hall–Kier alpha value is -3.21. The number of rotatable bonds is 3. The van der Waals surface area contributed by atoms with E-state index in [-0.39, 0.29) is 23.1 Å². The van der Waals surface area contributed by atoms with E-state index in [0.29, 0.717) is 18.8 Å².